The van der Waals surface area contributed by atoms with Gasteiger partial charge < -0.3 is 5.32 Å². The number of hydrogen-bond donors (Lipinski definition) is 2. The van der Waals surface area contributed by atoms with Gasteiger partial charge >= 0.3 is 6.03 Å². The van der Waals surface area contributed by atoms with E-state index in [-0.39, 0.29) is 12.1 Å². The third kappa shape index (κ3) is 3.33. The number of anilines is 1. The number of carbonyl (C=O) groups excluding carboxylic acids is 1. The number of urea groups is 1. The Labute approximate surface area is 87.7 Å². The fraction of sp³-hybridized carbons (Fsp3) is 0.556. The number of thiazole rings is 1. The Hall–Kier alpha value is -1.10. The van der Waals surface area contributed by atoms with Gasteiger partial charge in [0, 0.05) is 17.6 Å². The van der Waals surface area contributed by atoms with Crippen molar-refractivity contribution in [1.82, 2.24) is 10.3 Å². The largest absolute Gasteiger partial charge is 0.335 e. The van der Waals surface area contributed by atoms with Gasteiger partial charge in [0.2, 0.25) is 0 Å². The molecule has 0 radical (unpaired) electrons. The Morgan fingerprint density at radius 3 is 2.71 bits per heavy atom. The van der Waals surface area contributed by atoms with Crippen molar-refractivity contribution < 1.29 is 4.79 Å². The van der Waals surface area contributed by atoms with Crippen molar-refractivity contribution in [2.45, 2.75) is 26.8 Å². The second kappa shape index (κ2) is 4.95. The van der Waals surface area contributed by atoms with Crippen LogP contribution in [-0.2, 0) is 0 Å². The molecular formula is C9H15N3OS. The van der Waals surface area contributed by atoms with Gasteiger partial charge in [-0.25, -0.2) is 9.78 Å². The zero-order valence-electron chi connectivity index (χ0n) is 8.57. The average molecular weight is 213 g/mol. The van der Waals surface area contributed by atoms with Crippen LogP contribution in [0.2, 0.25) is 0 Å². The lowest BCUT2D eigenvalue weighted by atomic mass is 10.1. The second-order valence-electron chi connectivity index (χ2n) is 3.47. The standard InChI is InChI=1S/C9H15N3OS/c1-6(2)7(3)11-8(13)12-9-10-4-5-14-9/h4-7H,1-3H3,(H2,10,11,12,13)/t7-/m0/s1. The molecule has 0 aliphatic rings. The van der Waals surface area contributed by atoms with E-state index in [1.54, 1.807) is 6.20 Å². The molecular weight excluding hydrogens is 198 g/mol. The fourth-order valence-electron chi connectivity index (χ4n) is 0.792. The first-order valence-corrected chi connectivity index (χ1v) is 5.44. The van der Waals surface area contributed by atoms with Crippen molar-refractivity contribution in [3.05, 3.63) is 11.6 Å². The molecule has 0 aliphatic heterocycles. The lowest BCUT2D eigenvalue weighted by Gasteiger charge is -2.16. The highest BCUT2D eigenvalue weighted by Gasteiger charge is 2.10. The summed E-state index contributed by atoms with van der Waals surface area (Å²) in [6.07, 6.45) is 1.66. The SMILES string of the molecule is CC(C)[C@H](C)NC(=O)Nc1nccs1. The van der Waals surface area contributed by atoms with Crippen molar-refractivity contribution in [3.63, 3.8) is 0 Å². The Bertz CT molecular complexity index is 284. The first kappa shape index (κ1) is 11.0. The molecule has 0 unspecified atom stereocenters. The number of nitrogens with zero attached hydrogens (tertiary/aromatic N) is 1. The highest BCUT2D eigenvalue weighted by Crippen LogP contribution is 2.10. The molecule has 2 amide bonds. The van der Waals surface area contributed by atoms with Crippen LogP contribution in [0, 0.1) is 5.92 Å². The first-order valence-electron chi connectivity index (χ1n) is 4.56. The molecule has 0 aromatic carbocycles. The molecule has 1 aromatic heterocycles. The highest BCUT2D eigenvalue weighted by molar-refractivity contribution is 7.13. The van der Waals surface area contributed by atoms with Gasteiger partial charge in [-0.15, -0.1) is 11.3 Å². The average Bonchev–Trinajstić information content (AvgIpc) is 2.56. The Morgan fingerprint density at radius 2 is 2.21 bits per heavy atom. The predicted molar refractivity (Wildman–Crippen MR) is 58.6 cm³/mol. The number of hydrogen-bond acceptors (Lipinski definition) is 3. The number of rotatable bonds is 3. The number of carbonyl (C=O) groups is 1. The smallest absolute Gasteiger partial charge is 0.321 e. The summed E-state index contributed by atoms with van der Waals surface area (Å²) in [7, 11) is 0. The monoisotopic (exact) mass is 213 g/mol. The molecule has 0 aliphatic carbocycles. The molecule has 2 N–H and O–H groups in total. The zero-order chi connectivity index (χ0) is 10.6. The summed E-state index contributed by atoms with van der Waals surface area (Å²) in [6, 6.07) is -0.0314. The molecule has 14 heavy (non-hydrogen) atoms. The molecule has 0 bridgehead atoms. The van der Waals surface area contributed by atoms with Crippen LogP contribution < -0.4 is 10.6 Å². The van der Waals surface area contributed by atoms with Gasteiger partial charge in [0.05, 0.1) is 0 Å². The summed E-state index contributed by atoms with van der Waals surface area (Å²) in [5.41, 5.74) is 0. The summed E-state index contributed by atoms with van der Waals surface area (Å²) in [5, 5.41) is 7.94. The highest BCUT2D eigenvalue weighted by atomic mass is 32.1. The maximum Gasteiger partial charge on any atom is 0.321 e. The minimum atomic E-state index is -0.193. The van der Waals surface area contributed by atoms with Crippen molar-refractivity contribution >= 4 is 22.5 Å². The van der Waals surface area contributed by atoms with Crippen LogP contribution in [-0.4, -0.2) is 17.1 Å². The maximum atomic E-state index is 11.4. The topological polar surface area (TPSA) is 54.0 Å². The molecule has 1 heterocycles. The van der Waals surface area contributed by atoms with E-state index in [1.165, 1.54) is 11.3 Å². The van der Waals surface area contributed by atoms with E-state index >= 15 is 0 Å². The molecule has 0 saturated carbocycles. The molecule has 0 fully saturated rings. The van der Waals surface area contributed by atoms with Gasteiger partial charge in [-0.05, 0) is 12.8 Å². The molecule has 0 saturated heterocycles. The van der Waals surface area contributed by atoms with Crippen LogP contribution >= 0.6 is 11.3 Å². The van der Waals surface area contributed by atoms with Crippen LogP contribution in [0.15, 0.2) is 11.6 Å². The van der Waals surface area contributed by atoms with Gasteiger partial charge in [-0.3, -0.25) is 5.32 Å². The van der Waals surface area contributed by atoms with E-state index in [2.05, 4.69) is 29.5 Å². The zero-order valence-corrected chi connectivity index (χ0v) is 9.39. The first-order chi connectivity index (χ1) is 6.59. The maximum absolute atomic E-state index is 11.4. The fourth-order valence-corrected chi connectivity index (χ4v) is 1.32. The van der Waals surface area contributed by atoms with Gasteiger partial charge in [-0.2, -0.15) is 0 Å². The van der Waals surface area contributed by atoms with Crippen molar-refractivity contribution in [2.24, 2.45) is 5.92 Å². The van der Waals surface area contributed by atoms with Crippen molar-refractivity contribution in [3.8, 4) is 0 Å². The summed E-state index contributed by atoms with van der Waals surface area (Å²) >= 11 is 1.40. The normalized spacial score (nSPS) is 12.6. The molecule has 5 heteroatoms. The number of nitrogens with one attached hydrogen (secondary N) is 2. The second-order valence-corrected chi connectivity index (χ2v) is 4.36. The molecule has 0 spiro atoms. The summed E-state index contributed by atoms with van der Waals surface area (Å²) in [4.78, 5) is 15.3. The van der Waals surface area contributed by atoms with E-state index in [9.17, 15) is 4.79 Å². The van der Waals surface area contributed by atoms with Gasteiger partial charge in [0.1, 0.15) is 0 Å². The quantitative estimate of drug-likeness (QED) is 0.809. The molecule has 1 rings (SSSR count). The molecule has 4 nitrogen and oxygen atoms in total. The molecule has 1 atom stereocenters. The van der Waals surface area contributed by atoms with E-state index in [0.717, 1.165) is 0 Å². The summed E-state index contributed by atoms with van der Waals surface area (Å²) in [5.74, 6) is 0.428. The number of amides is 2. The molecule has 78 valence electrons. The Balaban J connectivity index is 2.36. The Morgan fingerprint density at radius 1 is 1.50 bits per heavy atom. The minimum absolute atomic E-state index is 0.162. The Kier molecular flexibility index (Phi) is 3.88. The van der Waals surface area contributed by atoms with Crippen LogP contribution in [0.1, 0.15) is 20.8 Å². The van der Waals surface area contributed by atoms with Crippen molar-refractivity contribution in [2.75, 3.05) is 5.32 Å². The molecule has 1 aromatic rings. The minimum Gasteiger partial charge on any atom is -0.335 e. The van der Waals surface area contributed by atoms with E-state index < -0.39 is 0 Å². The summed E-state index contributed by atoms with van der Waals surface area (Å²) < 4.78 is 0. The van der Waals surface area contributed by atoms with Gasteiger partial charge in [0.25, 0.3) is 0 Å². The predicted octanol–water partition coefficient (Wildman–Crippen LogP) is 2.31. The van der Waals surface area contributed by atoms with Crippen LogP contribution in [0.25, 0.3) is 0 Å². The van der Waals surface area contributed by atoms with Crippen LogP contribution in [0.5, 0.6) is 0 Å². The lowest BCUT2D eigenvalue weighted by Crippen LogP contribution is -2.38. The van der Waals surface area contributed by atoms with E-state index in [0.29, 0.717) is 11.0 Å². The van der Waals surface area contributed by atoms with Gasteiger partial charge in [0.15, 0.2) is 5.13 Å². The van der Waals surface area contributed by atoms with E-state index in [4.69, 9.17) is 0 Å². The van der Waals surface area contributed by atoms with E-state index in [1.807, 2.05) is 12.3 Å². The van der Waals surface area contributed by atoms with Crippen LogP contribution in [0.4, 0.5) is 9.93 Å². The third-order valence-electron chi connectivity index (χ3n) is 2.01. The van der Waals surface area contributed by atoms with Crippen LogP contribution in [0.3, 0.4) is 0 Å². The lowest BCUT2D eigenvalue weighted by molar-refractivity contribution is 0.246. The summed E-state index contributed by atoms with van der Waals surface area (Å²) in [6.45, 7) is 6.11. The van der Waals surface area contributed by atoms with Crippen molar-refractivity contribution in [1.29, 1.82) is 0 Å². The third-order valence-corrected chi connectivity index (χ3v) is 2.70. The number of aromatic nitrogens is 1. The van der Waals surface area contributed by atoms with Gasteiger partial charge in [-0.1, -0.05) is 13.8 Å².